The quantitative estimate of drug-likeness (QED) is 0.427. The fourth-order valence-corrected chi connectivity index (χ4v) is 8.67. The summed E-state index contributed by atoms with van der Waals surface area (Å²) in [5.41, 5.74) is -1.03. The molecule has 31 heavy (non-hydrogen) atoms. The molecule has 4 rings (SSSR count). The van der Waals surface area contributed by atoms with Crippen molar-refractivity contribution in [2.45, 2.75) is 110 Å². The van der Waals surface area contributed by atoms with Crippen molar-refractivity contribution in [1.82, 2.24) is 0 Å². The third-order valence-electron chi connectivity index (χ3n) is 10.1. The minimum absolute atomic E-state index is 0.0788. The van der Waals surface area contributed by atoms with Gasteiger partial charge in [-0.05, 0) is 87.4 Å². The smallest absolute Gasteiger partial charge is 0.307 e. The maximum Gasteiger partial charge on any atom is 0.307 e. The maximum absolute atomic E-state index is 12.3. The molecule has 0 bridgehead atoms. The molecule has 4 heteroatoms. The van der Waals surface area contributed by atoms with Gasteiger partial charge < -0.3 is 9.47 Å². The Balaban J connectivity index is 1.60. The molecule has 0 saturated heterocycles. The van der Waals surface area contributed by atoms with Crippen LogP contribution in [0.25, 0.3) is 0 Å². The largest absolute Gasteiger partial charge is 0.459 e. The van der Waals surface area contributed by atoms with Gasteiger partial charge in [0.2, 0.25) is 0 Å². The van der Waals surface area contributed by atoms with E-state index in [2.05, 4.69) is 26.7 Å². The van der Waals surface area contributed by atoms with Crippen LogP contribution >= 0.6 is 0 Å². The van der Waals surface area contributed by atoms with Crippen molar-refractivity contribution in [2.24, 2.45) is 34.5 Å². The van der Waals surface area contributed by atoms with Crippen LogP contribution in [0.15, 0.2) is 0 Å². The number of carbonyl (C=O) groups is 2. The molecule has 4 aliphatic rings. The zero-order valence-electron chi connectivity index (χ0n) is 20.1. The summed E-state index contributed by atoms with van der Waals surface area (Å²) >= 11 is 0. The first-order chi connectivity index (χ1) is 14.6. The Morgan fingerprint density at radius 1 is 0.935 bits per heavy atom. The van der Waals surface area contributed by atoms with Gasteiger partial charge in [0.25, 0.3) is 0 Å². The number of terminal acetylenes is 1. The monoisotopic (exact) mass is 428 g/mol. The Labute approximate surface area is 188 Å². The zero-order valence-corrected chi connectivity index (χ0v) is 20.1. The summed E-state index contributed by atoms with van der Waals surface area (Å²) in [6, 6.07) is 0. The van der Waals surface area contributed by atoms with Gasteiger partial charge in [0.15, 0.2) is 5.60 Å². The van der Waals surface area contributed by atoms with Crippen molar-refractivity contribution in [3.63, 3.8) is 0 Å². The Hall–Kier alpha value is -1.50. The minimum atomic E-state index is -0.756. The van der Waals surface area contributed by atoms with Gasteiger partial charge in [-0.3, -0.25) is 9.59 Å². The van der Waals surface area contributed by atoms with Gasteiger partial charge in [0, 0.05) is 18.3 Å². The van der Waals surface area contributed by atoms with E-state index in [-0.39, 0.29) is 28.4 Å². The van der Waals surface area contributed by atoms with E-state index in [1.807, 2.05) is 13.8 Å². The lowest BCUT2D eigenvalue weighted by atomic mass is 9.47. The predicted octanol–water partition coefficient (Wildman–Crippen LogP) is 5.68. The fourth-order valence-electron chi connectivity index (χ4n) is 8.67. The molecule has 0 spiro atoms. The second-order valence-corrected chi connectivity index (χ2v) is 11.6. The number of carbonyl (C=O) groups excluding carboxylic acids is 2. The van der Waals surface area contributed by atoms with Gasteiger partial charge in [-0.25, -0.2) is 0 Å². The van der Waals surface area contributed by atoms with Crippen LogP contribution in [-0.2, 0) is 19.1 Å². The Kier molecular flexibility index (Phi) is 5.51. The highest BCUT2D eigenvalue weighted by Gasteiger charge is 2.68. The number of hydrogen-bond acceptors (Lipinski definition) is 4. The molecule has 0 radical (unpaired) electrons. The third kappa shape index (κ3) is 3.25. The highest BCUT2D eigenvalue weighted by molar-refractivity contribution is 5.70. The Morgan fingerprint density at radius 2 is 1.58 bits per heavy atom. The molecule has 0 aromatic rings. The summed E-state index contributed by atoms with van der Waals surface area (Å²) in [4.78, 5) is 24.3. The highest BCUT2D eigenvalue weighted by atomic mass is 16.6. The number of rotatable bonds is 4. The molecule has 0 amide bonds. The van der Waals surface area contributed by atoms with Crippen molar-refractivity contribution in [3.8, 4) is 12.3 Å². The van der Waals surface area contributed by atoms with Gasteiger partial charge in [0.05, 0.1) is 0 Å². The number of esters is 2. The molecule has 0 aromatic carbocycles. The first-order valence-electron chi connectivity index (χ1n) is 12.5. The normalized spacial score (nSPS) is 48.1. The van der Waals surface area contributed by atoms with Crippen LogP contribution in [0, 0.1) is 46.8 Å². The lowest BCUT2D eigenvalue weighted by Gasteiger charge is -2.58. The third-order valence-corrected chi connectivity index (χ3v) is 10.1. The molecule has 4 nitrogen and oxygen atoms in total. The Morgan fingerprint density at radius 3 is 2.23 bits per heavy atom. The molecular formula is C27H40O4. The van der Waals surface area contributed by atoms with Crippen LogP contribution in [0.5, 0.6) is 0 Å². The molecule has 4 fully saturated rings. The Bertz CT molecular complexity index is 798. The summed E-state index contributed by atoms with van der Waals surface area (Å²) in [6.45, 7) is 10.6. The predicted molar refractivity (Wildman–Crippen MR) is 120 cm³/mol. The average Bonchev–Trinajstić information content (AvgIpc) is 3.17. The lowest BCUT2D eigenvalue weighted by molar-refractivity contribution is -0.174. The van der Waals surface area contributed by atoms with E-state index in [9.17, 15) is 9.59 Å². The van der Waals surface area contributed by atoms with Crippen LogP contribution < -0.4 is 0 Å². The van der Waals surface area contributed by atoms with E-state index >= 15 is 0 Å². The SMILES string of the molecule is C#C[C@]1(OC(=O)CC)CCC2C3CCC4C[C@@](C)(OC(=O)CC)C[C@]4(C)C3CC[C@@]21C. The van der Waals surface area contributed by atoms with E-state index in [1.54, 1.807) is 0 Å². The van der Waals surface area contributed by atoms with Gasteiger partial charge in [0.1, 0.15) is 5.60 Å². The molecule has 0 N–H and O–H groups in total. The standard InChI is InChI=1S/C27H40O4/c1-7-22(28)30-24(4)16-18-10-11-19-20(25(18,5)17-24)12-14-26(6)21(19)13-15-27(26,9-3)31-23(29)8-2/h3,18-21H,7-8,10-17H2,1-2,4-6H3/t18?,19?,20?,21?,24-,25+,26+,27+/m1/s1. The van der Waals surface area contributed by atoms with Crippen LogP contribution in [-0.4, -0.2) is 23.1 Å². The molecule has 4 unspecified atom stereocenters. The van der Waals surface area contributed by atoms with Gasteiger partial charge >= 0.3 is 11.9 Å². The van der Waals surface area contributed by atoms with Crippen LogP contribution in [0.2, 0.25) is 0 Å². The zero-order chi connectivity index (χ0) is 22.7. The summed E-state index contributed by atoms with van der Waals surface area (Å²) in [7, 11) is 0. The molecule has 0 aromatic heterocycles. The summed E-state index contributed by atoms with van der Waals surface area (Å²) in [5, 5.41) is 0. The number of hydrogen-bond donors (Lipinski definition) is 0. The molecular weight excluding hydrogens is 388 g/mol. The number of ether oxygens (including phenoxy) is 2. The molecule has 8 atom stereocenters. The summed E-state index contributed by atoms with van der Waals surface area (Å²) < 4.78 is 12.0. The average molecular weight is 429 g/mol. The summed E-state index contributed by atoms with van der Waals surface area (Å²) in [6.07, 6.45) is 15.2. The second-order valence-electron chi connectivity index (χ2n) is 11.6. The van der Waals surface area contributed by atoms with Gasteiger partial charge in [-0.1, -0.05) is 33.6 Å². The molecule has 4 aliphatic carbocycles. The first kappa shape index (κ1) is 22.7. The highest BCUT2D eigenvalue weighted by Crippen LogP contribution is 2.70. The molecule has 4 saturated carbocycles. The van der Waals surface area contributed by atoms with Gasteiger partial charge in [-0.15, -0.1) is 6.42 Å². The van der Waals surface area contributed by atoms with Gasteiger partial charge in [-0.2, -0.15) is 0 Å². The van der Waals surface area contributed by atoms with E-state index < -0.39 is 5.60 Å². The minimum Gasteiger partial charge on any atom is -0.459 e. The topological polar surface area (TPSA) is 52.6 Å². The lowest BCUT2D eigenvalue weighted by Crippen LogP contribution is -2.55. The van der Waals surface area contributed by atoms with Crippen LogP contribution in [0.3, 0.4) is 0 Å². The van der Waals surface area contributed by atoms with E-state index in [4.69, 9.17) is 15.9 Å². The van der Waals surface area contributed by atoms with Crippen molar-refractivity contribution in [2.75, 3.05) is 0 Å². The molecule has 0 aliphatic heterocycles. The number of fused-ring (bicyclic) bond motifs is 5. The van der Waals surface area contributed by atoms with E-state index in [0.717, 1.165) is 38.5 Å². The van der Waals surface area contributed by atoms with Crippen molar-refractivity contribution >= 4 is 11.9 Å². The van der Waals surface area contributed by atoms with Crippen LogP contribution in [0.1, 0.15) is 98.8 Å². The first-order valence-corrected chi connectivity index (χ1v) is 12.5. The van der Waals surface area contributed by atoms with Crippen molar-refractivity contribution in [1.29, 1.82) is 0 Å². The second kappa shape index (κ2) is 7.53. The fraction of sp³-hybridized carbons (Fsp3) is 0.852. The van der Waals surface area contributed by atoms with E-state index in [1.165, 1.54) is 12.8 Å². The van der Waals surface area contributed by atoms with Crippen molar-refractivity contribution < 1.29 is 19.1 Å². The molecule has 172 valence electrons. The molecule has 0 heterocycles. The summed E-state index contributed by atoms with van der Waals surface area (Å²) in [5.74, 6) is 5.06. The van der Waals surface area contributed by atoms with Crippen molar-refractivity contribution in [3.05, 3.63) is 0 Å². The van der Waals surface area contributed by atoms with E-state index in [0.29, 0.717) is 36.5 Å². The van der Waals surface area contributed by atoms with Crippen LogP contribution in [0.4, 0.5) is 0 Å². The maximum atomic E-state index is 12.3.